The van der Waals surface area contributed by atoms with Gasteiger partial charge in [-0.05, 0) is 48.9 Å². The summed E-state index contributed by atoms with van der Waals surface area (Å²) in [5.41, 5.74) is 4.12. The van der Waals surface area contributed by atoms with E-state index in [2.05, 4.69) is 6.58 Å². The van der Waals surface area contributed by atoms with Gasteiger partial charge in [0.25, 0.3) is 0 Å². The van der Waals surface area contributed by atoms with E-state index in [4.69, 9.17) is 16.3 Å². The summed E-state index contributed by atoms with van der Waals surface area (Å²) in [6.45, 7) is 6.43. The average molecular weight is 404 g/mol. The quantitative estimate of drug-likeness (QED) is 0.480. The second kappa shape index (κ2) is 8.14. The van der Waals surface area contributed by atoms with Gasteiger partial charge in [-0.25, -0.2) is 0 Å². The summed E-state index contributed by atoms with van der Waals surface area (Å²) in [7, 11) is 0. The van der Waals surface area contributed by atoms with Gasteiger partial charge in [0.05, 0.1) is 0 Å². The number of rotatable bonds is 5. The highest BCUT2D eigenvalue weighted by Gasteiger charge is 2.33. The molecule has 1 saturated heterocycles. The predicted octanol–water partition coefficient (Wildman–Crippen LogP) is 6.60. The van der Waals surface area contributed by atoms with Crippen molar-refractivity contribution in [3.05, 3.63) is 95.0 Å². The summed E-state index contributed by atoms with van der Waals surface area (Å²) in [4.78, 5) is 14.5. The molecule has 1 atom stereocenters. The molecule has 1 amide bonds. The first-order chi connectivity index (χ1) is 14.0. The summed E-state index contributed by atoms with van der Waals surface area (Å²) in [6, 6.07) is 21.4. The molecule has 3 aromatic rings. The Bertz CT molecular complexity index is 1040. The van der Waals surface area contributed by atoms with Gasteiger partial charge in [-0.15, -0.1) is 0 Å². The highest BCUT2D eigenvalue weighted by molar-refractivity contribution is 6.30. The fourth-order valence-corrected chi connectivity index (χ4v) is 3.79. The van der Waals surface area contributed by atoms with Crippen molar-refractivity contribution in [1.29, 1.82) is 0 Å². The van der Waals surface area contributed by atoms with E-state index < -0.39 is 0 Å². The van der Waals surface area contributed by atoms with Crippen molar-refractivity contribution in [3.63, 3.8) is 0 Å². The van der Waals surface area contributed by atoms with Crippen molar-refractivity contribution in [3.8, 4) is 11.5 Å². The summed E-state index contributed by atoms with van der Waals surface area (Å²) >= 11 is 6.23. The molecule has 0 spiro atoms. The predicted molar refractivity (Wildman–Crippen MR) is 119 cm³/mol. The van der Waals surface area contributed by atoms with E-state index in [1.54, 1.807) is 6.08 Å². The van der Waals surface area contributed by atoms with Gasteiger partial charge in [0.15, 0.2) is 0 Å². The molecular formula is C25H22ClNO2. The molecule has 29 heavy (non-hydrogen) atoms. The van der Waals surface area contributed by atoms with Crippen LogP contribution in [0.25, 0.3) is 6.08 Å². The zero-order chi connectivity index (χ0) is 20.4. The second-order valence-corrected chi connectivity index (χ2v) is 7.73. The normalized spacial score (nSPS) is 16.1. The molecule has 1 heterocycles. The zero-order valence-electron chi connectivity index (χ0n) is 16.3. The number of carbonyl (C=O) groups is 1. The Morgan fingerprint density at radius 1 is 1.07 bits per heavy atom. The Morgan fingerprint density at radius 3 is 2.48 bits per heavy atom. The van der Waals surface area contributed by atoms with Gasteiger partial charge in [-0.2, -0.15) is 0 Å². The lowest BCUT2D eigenvalue weighted by molar-refractivity contribution is -0.117. The molecule has 0 aliphatic carbocycles. The number of nitrogens with zero attached hydrogens (tertiary/aromatic N) is 1. The second-order valence-electron chi connectivity index (χ2n) is 7.30. The Balaban J connectivity index is 1.60. The Morgan fingerprint density at radius 2 is 1.79 bits per heavy atom. The molecule has 0 N–H and O–H groups in total. The highest BCUT2D eigenvalue weighted by Crippen LogP contribution is 2.39. The average Bonchev–Trinajstić information content (AvgIpc) is 3.10. The zero-order valence-corrected chi connectivity index (χ0v) is 17.0. The smallest absolute Gasteiger partial charge is 0.227 e. The van der Waals surface area contributed by atoms with Crippen molar-refractivity contribution in [1.82, 2.24) is 0 Å². The maximum atomic E-state index is 12.7. The summed E-state index contributed by atoms with van der Waals surface area (Å²) in [5, 5.41) is 0.603. The first kappa shape index (κ1) is 19.3. The molecule has 146 valence electrons. The Hall–Kier alpha value is -3.04. The largest absolute Gasteiger partial charge is 0.457 e. The van der Waals surface area contributed by atoms with Crippen LogP contribution in [-0.2, 0) is 4.79 Å². The van der Waals surface area contributed by atoms with Crippen LogP contribution in [0, 0.1) is 6.92 Å². The van der Waals surface area contributed by atoms with Crippen LogP contribution in [0.3, 0.4) is 0 Å². The number of hydrogen-bond donors (Lipinski definition) is 0. The van der Waals surface area contributed by atoms with Crippen LogP contribution in [0.2, 0.25) is 5.02 Å². The minimum Gasteiger partial charge on any atom is -0.457 e. The van der Waals surface area contributed by atoms with Gasteiger partial charge in [0.1, 0.15) is 11.5 Å². The van der Waals surface area contributed by atoms with E-state index >= 15 is 0 Å². The van der Waals surface area contributed by atoms with Crippen LogP contribution < -0.4 is 9.64 Å². The van der Waals surface area contributed by atoms with Crippen molar-refractivity contribution in [2.24, 2.45) is 0 Å². The molecule has 4 heteroatoms. The first-order valence-corrected chi connectivity index (χ1v) is 9.98. The van der Waals surface area contributed by atoms with Gasteiger partial charge in [-0.3, -0.25) is 4.79 Å². The van der Waals surface area contributed by atoms with E-state index in [-0.39, 0.29) is 11.8 Å². The third kappa shape index (κ3) is 4.20. The molecule has 1 unspecified atom stereocenters. The molecule has 0 aromatic heterocycles. The molecule has 3 aromatic carbocycles. The Labute approximate surface area is 176 Å². The Kier molecular flexibility index (Phi) is 5.41. The standard InChI is InChI=1S/C25H22ClNO2/c1-3-18-6-11-22(12-7-18)29-24-15-20(26)8-13-23(24)19-14-25(28)27(16-19)21-9-4-17(2)5-10-21/h3-13,15,19H,1,14,16H2,2H3. The summed E-state index contributed by atoms with van der Waals surface area (Å²) in [6.07, 6.45) is 2.24. The number of anilines is 1. The highest BCUT2D eigenvalue weighted by atomic mass is 35.5. The summed E-state index contributed by atoms with van der Waals surface area (Å²) in [5.74, 6) is 1.57. The van der Waals surface area contributed by atoms with Crippen molar-refractivity contribution in [2.75, 3.05) is 11.4 Å². The molecule has 0 radical (unpaired) electrons. The topological polar surface area (TPSA) is 29.5 Å². The fourth-order valence-electron chi connectivity index (χ4n) is 3.62. The maximum absolute atomic E-state index is 12.7. The van der Waals surface area contributed by atoms with Crippen molar-refractivity contribution >= 4 is 29.3 Å². The van der Waals surface area contributed by atoms with Gasteiger partial charge in [0, 0.05) is 35.2 Å². The third-order valence-corrected chi connectivity index (χ3v) is 5.46. The van der Waals surface area contributed by atoms with E-state index in [1.165, 1.54) is 5.56 Å². The summed E-state index contributed by atoms with van der Waals surface area (Å²) < 4.78 is 6.15. The number of benzene rings is 3. The number of ether oxygens (including phenoxy) is 1. The number of amides is 1. The lowest BCUT2D eigenvalue weighted by Gasteiger charge is -2.19. The molecule has 1 fully saturated rings. The van der Waals surface area contributed by atoms with E-state index in [0.717, 1.165) is 22.6 Å². The minimum absolute atomic E-state index is 0.0449. The molecule has 1 aliphatic heterocycles. The maximum Gasteiger partial charge on any atom is 0.227 e. The van der Waals surface area contributed by atoms with Crippen LogP contribution >= 0.6 is 11.6 Å². The number of carbonyl (C=O) groups excluding carboxylic acids is 1. The van der Waals surface area contributed by atoms with Crippen LogP contribution in [-0.4, -0.2) is 12.5 Å². The van der Waals surface area contributed by atoms with E-state index in [1.807, 2.05) is 78.6 Å². The van der Waals surface area contributed by atoms with Crippen LogP contribution in [0.4, 0.5) is 5.69 Å². The molecule has 0 bridgehead atoms. The van der Waals surface area contributed by atoms with E-state index in [9.17, 15) is 4.79 Å². The first-order valence-electron chi connectivity index (χ1n) is 9.60. The van der Waals surface area contributed by atoms with Crippen LogP contribution in [0.5, 0.6) is 11.5 Å². The number of hydrogen-bond acceptors (Lipinski definition) is 2. The van der Waals surface area contributed by atoms with E-state index in [0.29, 0.717) is 23.7 Å². The molecule has 4 rings (SSSR count). The number of halogens is 1. The van der Waals surface area contributed by atoms with Crippen LogP contribution in [0.1, 0.15) is 29.0 Å². The molecule has 3 nitrogen and oxygen atoms in total. The minimum atomic E-state index is 0.0449. The van der Waals surface area contributed by atoms with Gasteiger partial charge in [-0.1, -0.05) is 60.2 Å². The SMILES string of the molecule is C=Cc1ccc(Oc2cc(Cl)ccc2C2CC(=O)N(c3ccc(C)cc3)C2)cc1. The third-order valence-electron chi connectivity index (χ3n) is 5.23. The molecule has 0 saturated carbocycles. The number of aryl methyl sites for hydroxylation is 1. The molecular weight excluding hydrogens is 382 g/mol. The van der Waals surface area contributed by atoms with Gasteiger partial charge >= 0.3 is 0 Å². The van der Waals surface area contributed by atoms with Crippen molar-refractivity contribution < 1.29 is 9.53 Å². The lowest BCUT2D eigenvalue weighted by atomic mass is 9.97. The lowest BCUT2D eigenvalue weighted by Crippen LogP contribution is -2.24. The monoisotopic (exact) mass is 403 g/mol. The van der Waals surface area contributed by atoms with Crippen molar-refractivity contribution in [2.45, 2.75) is 19.3 Å². The fraction of sp³-hybridized carbons (Fsp3) is 0.160. The van der Waals surface area contributed by atoms with Gasteiger partial charge < -0.3 is 9.64 Å². The van der Waals surface area contributed by atoms with Crippen LogP contribution in [0.15, 0.2) is 73.3 Å². The molecule has 1 aliphatic rings. The van der Waals surface area contributed by atoms with Gasteiger partial charge in [0.2, 0.25) is 5.91 Å².